The lowest BCUT2D eigenvalue weighted by Gasteiger charge is -2.02. The maximum absolute atomic E-state index is 13.3. The standard InChI is InChI=1S/C20H18FNO3/c21-17-10-4-5-11-19(17)25-15-7-6-14-22-20(24)13-12-18(23)16-8-2-1-3-9-16/h1-5,8-11H,12-15H2,(H,22,24). The summed E-state index contributed by atoms with van der Waals surface area (Å²) in [6, 6.07) is 14.9. The molecule has 5 heteroatoms. The zero-order valence-electron chi connectivity index (χ0n) is 13.6. The molecule has 0 unspecified atom stereocenters. The molecule has 0 aliphatic rings. The van der Waals surface area contributed by atoms with Crippen LogP contribution in [-0.2, 0) is 4.79 Å². The summed E-state index contributed by atoms with van der Waals surface area (Å²) in [5.74, 6) is 4.78. The first-order valence-electron chi connectivity index (χ1n) is 7.85. The molecule has 1 N–H and O–H groups in total. The lowest BCUT2D eigenvalue weighted by atomic mass is 10.1. The first kappa shape index (κ1) is 18.2. The Kier molecular flexibility index (Phi) is 7.20. The van der Waals surface area contributed by atoms with E-state index in [1.807, 2.05) is 6.07 Å². The van der Waals surface area contributed by atoms with Crippen LogP contribution in [0, 0.1) is 17.7 Å². The van der Waals surface area contributed by atoms with Crippen LogP contribution in [0.15, 0.2) is 54.6 Å². The number of halogens is 1. The molecule has 0 aromatic heterocycles. The van der Waals surface area contributed by atoms with Crippen molar-refractivity contribution in [2.24, 2.45) is 0 Å². The number of amides is 1. The fourth-order valence-corrected chi connectivity index (χ4v) is 2.02. The lowest BCUT2D eigenvalue weighted by Crippen LogP contribution is -2.24. The molecule has 0 saturated heterocycles. The predicted octanol–water partition coefficient (Wildman–Crippen LogP) is 2.99. The number of nitrogens with one attached hydrogen (secondary N) is 1. The number of ketones is 1. The van der Waals surface area contributed by atoms with Gasteiger partial charge in [-0.15, -0.1) is 0 Å². The molecule has 0 spiro atoms. The minimum Gasteiger partial charge on any atom is -0.478 e. The quantitative estimate of drug-likeness (QED) is 0.623. The number of hydrogen-bond donors (Lipinski definition) is 1. The number of ether oxygens (including phenoxy) is 1. The van der Waals surface area contributed by atoms with Gasteiger partial charge in [0.05, 0.1) is 6.54 Å². The fourth-order valence-electron chi connectivity index (χ4n) is 2.02. The highest BCUT2D eigenvalue weighted by atomic mass is 19.1. The van der Waals surface area contributed by atoms with E-state index in [9.17, 15) is 14.0 Å². The van der Waals surface area contributed by atoms with Crippen LogP contribution in [0.2, 0.25) is 0 Å². The van der Waals surface area contributed by atoms with Crippen LogP contribution in [-0.4, -0.2) is 24.8 Å². The van der Waals surface area contributed by atoms with Gasteiger partial charge < -0.3 is 10.1 Å². The first-order valence-corrected chi connectivity index (χ1v) is 7.85. The zero-order chi connectivity index (χ0) is 17.9. The molecule has 0 heterocycles. The molecule has 25 heavy (non-hydrogen) atoms. The van der Waals surface area contributed by atoms with Crippen LogP contribution in [0.5, 0.6) is 5.75 Å². The molecule has 128 valence electrons. The van der Waals surface area contributed by atoms with Crippen molar-refractivity contribution in [2.45, 2.75) is 12.8 Å². The van der Waals surface area contributed by atoms with Gasteiger partial charge in [-0.1, -0.05) is 54.3 Å². The topological polar surface area (TPSA) is 55.4 Å². The van der Waals surface area contributed by atoms with E-state index in [1.54, 1.807) is 36.4 Å². The van der Waals surface area contributed by atoms with E-state index in [4.69, 9.17) is 4.74 Å². The van der Waals surface area contributed by atoms with Crippen LogP contribution >= 0.6 is 0 Å². The summed E-state index contributed by atoms with van der Waals surface area (Å²) in [4.78, 5) is 23.5. The van der Waals surface area contributed by atoms with Crippen molar-refractivity contribution in [1.82, 2.24) is 5.32 Å². The number of carbonyl (C=O) groups is 2. The Morgan fingerprint density at radius 3 is 2.44 bits per heavy atom. The van der Waals surface area contributed by atoms with E-state index in [0.29, 0.717) is 5.56 Å². The second-order valence-corrected chi connectivity index (χ2v) is 5.14. The van der Waals surface area contributed by atoms with Crippen molar-refractivity contribution in [3.05, 3.63) is 66.0 Å². The summed E-state index contributed by atoms with van der Waals surface area (Å²) in [5.41, 5.74) is 0.598. The number of hydrogen-bond acceptors (Lipinski definition) is 3. The van der Waals surface area contributed by atoms with Gasteiger partial charge in [0, 0.05) is 18.4 Å². The van der Waals surface area contributed by atoms with Crippen molar-refractivity contribution >= 4 is 11.7 Å². The van der Waals surface area contributed by atoms with Crippen molar-refractivity contribution < 1.29 is 18.7 Å². The molecule has 0 radical (unpaired) electrons. The molecule has 2 aromatic rings. The molecule has 1 amide bonds. The lowest BCUT2D eigenvalue weighted by molar-refractivity contribution is -0.120. The van der Waals surface area contributed by atoms with E-state index in [1.165, 1.54) is 12.1 Å². The Morgan fingerprint density at radius 2 is 1.68 bits per heavy atom. The predicted molar refractivity (Wildman–Crippen MR) is 92.7 cm³/mol. The first-order chi connectivity index (χ1) is 12.2. The van der Waals surface area contributed by atoms with Gasteiger partial charge in [0.15, 0.2) is 17.3 Å². The van der Waals surface area contributed by atoms with Crippen molar-refractivity contribution in [2.75, 3.05) is 13.2 Å². The van der Waals surface area contributed by atoms with Gasteiger partial charge in [-0.2, -0.15) is 0 Å². The SMILES string of the molecule is O=C(CCC(=O)c1ccccc1)NCC#CCOc1ccccc1F. The van der Waals surface area contributed by atoms with Gasteiger partial charge in [-0.3, -0.25) is 9.59 Å². The van der Waals surface area contributed by atoms with Crippen molar-refractivity contribution in [3.63, 3.8) is 0 Å². The molecule has 0 aliphatic heterocycles. The molecule has 4 nitrogen and oxygen atoms in total. The fraction of sp³-hybridized carbons (Fsp3) is 0.200. The smallest absolute Gasteiger partial charge is 0.221 e. The summed E-state index contributed by atoms with van der Waals surface area (Å²) < 4.78 is 18.5. The Bertz CT molecular complexity index is 778. The molecular formula is C20H18FNO3. The molecule has 2 rings (SSSR count). The molecule has 2 aromatic carbocycles. The van der Waals surface area contributed by atoms with Gasteiger partial charge >= 0.3 is 0 Å². The second kappa shape index (κ2) is 9.89. The Hall–Kier alpha value is -3.13. The van der Waals surface area contributed by atoms with Gasteiger partial charge in [0.25, 0.3) is 0 Å². The maximum Gasteiger partial charge on any atom is 0.221 e. The van der Waals surface area contributed by atoms with E-state index < -0.39 is 5.82 Å². The van der Waals surface area contributed by atoms with Crippen LogP contribution in [0.25, 0.3) is 0 Å². The van der Waals surface area contributed by atoms with Gasteiger partial charge in [0.1, 0.15) is 6.61 Å². The third kappa shape index (κ3) is 6.48. The summed E-state index contributed by atoms with van der Waals surface area (Å²) in [6.45, 7) is 0.183. The number of carbonyl (C=O) groups excluding carboxylic acids is 2. The number of benzene rings is 2. The Labute approximate surface area is 146 Å². The minimum absolute atomic E-state index is 0.0310. The van der Waals surface area contributed by atoms with E-state index in [0.717, 1.165) is 0 Å². The Balaban J connectivity index is 1.63. The largest absolute Gasteiger partial charge is 0.478 e. The molecule has 0 aliphatic carbocycles. The third-order valence-corrected chi connectivity index (χ3v) is 3.31. The molecule has 0 atom stereocenters. The highest BCUT2D eigenvalue weighted by molar-refractivity contribution is 5.97. The monoisotopic (exact) mass is 339 g/mol. The minimum atomic E-state index is -0.444. The number of rotatable bonds is 7. The summed E-state index contributed by atoms with van der Waals surface area (Å²) in [6.07, 6.45) is 0.265. The highest BCUT2D eigenvalue weighted by Gasteiger charge is 2.08. The number of para-hydroxylation sites is 1. The molecular weight excluding hydrogens is 321 g/mol. The van der Waals surface area contributed by atoms with Crippen LogP contribution in [0.1, 0.15) is 23.2 Å². The normalized spacial score (nSPS) is 9.64. The van der Waals surface area contributed by atoms with Gasteiger partial charge in [-0.05, 0) is 12.1 Å². The second-order valence-electron chi connectivity index (χ2n) is 5.14. The van der Waals surface area contributed by atoms with E-state index in [2.05, 4.69) is 17.2 Å². The van der Waals surface area contributed by atoms with Crippen molar-refractivity contribution in [1.29, 1.82) is 0 Å². The zero-order valence-corrected chi connectivity index (χ0v) is 13.6. The third-order valence-electron chi connectivity index (χ3n) is 3.31. The van der Waals surface area contributed by atoms with Crippen LogP contribution < -0.4 is 10.1 Å². The molecule has 0 fully saturated rings. The van der Waals surface area contributed by atoms with Crippen LogP contribution in [0.3, 0.4) is 0 Å². The van der Waals surface area contributed by atoms with E-state index >= 15 is 0 Å². The summed E-state index contributed by atoms with van der Waals surface area (Å²) >= 11 is 0. The molecule has 0 saturated carbocycles. The molecule has 0 bridgehead atoms. The van der Waals surface area contributed by atoms with Gasteiger partial charge in [-0.25, -0.2) is 4.39 Å². The number of Topliss-reactive ketones (excluding diaryl/α,β-unsaturated/α-hetero) is 1. The maximum atomic E-state index is 13.3. The van der Waals surface area contributed by atoms with Gasteiger partial charge in [0.2, 0.25) is 5.91 Å². The summed E-state index contributed by atoms with van der Waals surface area (Å²) in [5, 5.41) is 2.61. The average molecular weight is 339 g/mol. The van der Waals surface area contributed by atoms with Crippen LogP contribution in [0.4, 0.5) is 4.39 Å². The average Bonchev–Trinajstić information content (AvgIpc) is 2.64. The highest BCUT2D eigenvalue weighted by Crippen LogP contribution is 2.14. The summed E-state index contributed by atoms with van der Waals surface area (Å²) in [7, 11) is 0. The Morgan fingerprint density at radius 1 is 0.960 bits per heavy atom. The van der Waals surface area contributed by atoms with E-state index in [-0.39, 0.29) is 43.4 Å². The van der Waals surface area contributed by atoms with Crippen molar-refractivity contribution in [3.8, 4) is 17.6 Å².